The number of hydrogen-bond acceptors (Lipinski definition) is 2. The summed E-state index contributed by atoms with van der Waals surface area (Å²) in [6, 6.07) is 1.47. The minimum atomic E-state index is 0.697. The molecule has 1 aliphatic rings. The van der Waals surface area contributed by atoms with Crippen LogP contribution in [0.1, 0.15) is 53.4 Å². The van der Waals surface area contributed by atoms with Gasteiger partial charge in [-0.05, 0) is 19.3 Å². The van der Waals surface area contributed by atoms with Gasteiger partial charge in [0.1, 0.15) is 0 Å². The molecule has 0 aromatic heterocycles. The highest BCUT2D eigenvalue weighted by molar-refractivity contribution is 4.83. The molecule has 1 rings (SSSR count). The van der Waals surface area contributed by atoms with E-state index in [2.05, 4.69) is 37.9 Å². The number of hydrogen-bond donors (Lipinski definition) is 1. The van der Waals surface area contributed by atoms with Gasteiger partial charge in [-0.3, -0.25) is 4.90 Å². The van der Waals surface area contributed by atoms with Crippen LogP contribution in [0.15, 0.2) is 0 Å². The average molecular weight is 226 g/mol. The zero-order chi connectivity index (χ0) is 12.0. The van der Waals surface area contributed by atoms with Gasteiger partial charge in [-0.15, -0.1) is 0 Å². The summed E-state index contributed by atoms with van der Waals surface area (Å²) < 4.78 is 0. The van der Waals surface area contributed by atoms with Crippen LogP contribution in [0.3, 0.4) is 0 Å². The van der Waals surface area contributed by atoms with E-state index in [0.717, 1.165) is 12.0 Å². The normalized spacial score (nSPS) is 24.9. The second-order valence-corrected chi connectivity index (χ2v) is 5.64. The number of nitrogens with one attached hydrogen (secondary N) is 1. The van der Waals surface area contributed by atoms with Crippen LogP contribution in [-0.2, 0) is 0 Å². The van der Waals surface area contributed by atoms with Gasteiger partial charge < -0.3 is 5.32 Å². The van der Waals surface area contributed by atoms with Crippen LogP contribution in [0.2, 0.25) is 0 Å². The number of piperazine rings is 1. The quantitative estimate of drug-likeness (QED) is 0.701. The SMILES string of the molecule is CCCCCC(C)N1CCNC(C(C)C)C1. The first-order valence-corrected chi connectivity index (χ1v) is 7.12. The topological polar surface area (TPSA) is 15.3 Å². The van der Waals surface area contributed by atoms with Crippen molar-refractivity contribution in [3.63, 3.8) is 0 Å². The van der Waals surface area contributed by atoms with Gasteiger partial charge in [0.2, 0.25) is 0 Å². The van der Waals surface area contributed by atoms with Gasteiger partial charge in [-0.1, -0.05) is 40.0 Å². The Morgan fingerprint density at radius 2 is 2.00 bits per heavy atom. The first-order chi connectivity index (χ1) is 7.65. The van der Waals surface area contributed by atoms with Crippen molar-refractivity contribution in [2.75, 3.05) is 19.6 Å². The van der Waals surface area contributed by atoms with Crippen LogP contribution < -0.4 is 5.32 Å². The third kappa shape index (κ3) is 4.42. The summed E-state index contributed by atoms with van der Waals surface area (Å²) in [6.45, 7) is 13.0. The molecule has 2 nitrogen and oxygen atoms in total. The lowest BCUT2D eigenvalue weighted by Gasteiger charge is -2.39. The molecule has 0 amide bonds. The highest BCUT2D eigenvalue weighted by atomic mass is 15.2. The minimum Gasteiger partial charge on any atom is -0.311 e. The molecular weight excluding hydrogens is 196 g/mol. The van der Waals surface area contributed by atoms with Crippen molar-refractivity contribution in [3.05, 3.63) is 0 Å². The van der Waals surface area contributed by atoms with Crippen molar-refractivity contribution in [2.24, 2.45) is 5.92 Å². The summed E-state index contributed by atoms with van der Waals surface area (Å²) in [5.41, 5.74) is 0. The monoisotopic (exact) mass is 226 g/mol. The van der Waals surface area contributed by atoms with E-state index in [0.29, 0.717) is 6.04 Å². The maximum Gasteiger partial charge on any atom is 0.0218 e. The smallest absolute Gasteiger partial charge is 0.0218 e. The Labute approximate surface area is 102 Å². The molecular formula is C14H30N2. The van der Waals surface area contributed by atoms with Crippen molar-refractivity contribution < 1.29 is 0 Å². The van der Waals surface area contributed by atoms with E-state index < -0.39 is 0 Å². The molecule has 1 aliphatic heterocycles. The van der Waals surface area contributed by atoms with Gasteiger partial charge in [-0.25, -0.2) is 0 Å². The molecule has 0 saturated carbocycles. The maximum atomic E-state index is 3.63. The minimum absolute atomic E-state index is 0.697. The fourth-order valence-corrected chi connectivity index (χ4v) is 2.52. The van der Waals surface area contributed by atoms with E-state index in [1.165, 1.54) is 45.3 Å². The Kier molecular flexibility index (Phi) is 6.37. The Balaban J connectivity index is 2.29. The molecule has 2 atom stereocenters. The van der Waals surface area contributed by atoms with Crippen molar-refractivity contribution in [3.8, 4) is 0 Å². The van der Waals surface area contributed by atoms with Gasteiger partial charge in [0.05, 0.1) is 0 Å². The summed E-state index contributed by atoms with van der Waals surface area (Å²) in [7, 11) is 0. The summed E-state index contributed by atoms with van der Waals surface area (Å²) in [6.07, 6.45) is 5.50. The lowest BCUT2D eigenvalue weighted by molar-refractivity contribution is 0.128. The van der Waals surface area contributed by atoms with Crippen LogP contribution in [0.5, 0.6) is 0 Å². The molecule has 1 fully saturated rings. The molecule has 2 heteroatoms. The predicted octanol–water partition coefficient (Wildman–Crippen LogP) is 2.89. The largest absolute Gasteiger partial charge is 0.311 e. The summed E-state index contributed by atoms with van der Waals surface area (Å²) in [5.74, 6) is 0.755. The fourth-order valence-electron chi connectivity index (χ4n) is 2.52. The molecule has 0 radical (unpaired) electrons. The highest BCUT2D eigenvalue weighted by Crippen LogP contribution is 2.14. The van der Waals surface area contributed by atoms with Gasteiger partial charge in [0.25, 0.3) is 0 Å². The molecule has 16 heavy (non-hydrogen) atoms. The van der Waals surface area contributed by atoms with E-state index in [1.807, 2.05) is 0 Å². The van der Waals surface area contributed by atoms with Crippen LogP contribution in [0.25, 0.3) is 0 Å². The summed E-state index contributed by atoms with van der Waals surface area (Å²) in [5, 5.41) is 3.63. The lowest BCUT2D eigenvalue weighted by Crippen LogP contribution is -2.55. The number of rotatable bonds is 6. The first kappa shape index (κ1) is 14.0. The van der Waals surface area contributed by atoms with Gasteiger partial charge in [0, 0.05) is 31.7 Å². The van der Waals surface area contributed by atoms with E-state index in [4.69, 9.17) is 0 Å². The van der Waals surface area contributed by atoms with E-state index >= 15 is 0 Å². The zero-order valence-corrected chi connectivity index (χ0v) is 11.6. The fraction of sp³-hybridized carbons (Fsp3) is 1.00. The molecule has 2 unspecified atom stereocenters. The van der Waals surface area contributed by atoms with Crippen LogP contribution in [-0.4, -0.2) is 36.6 Å². The standard InChI is InChI=1S/C14H30N2/c1-5-6-7-8-13(4)16-10-9-15-14(11-16)12(2)3/h12-15H,5-11H2,1-4H3. The van der Waals surface area contributed by atoms with Gasteiger partial charge in [-0.2, -0.15) is 0 Å². The van der Waals surface area contributed by atoms with Gasteiger partial charge in [0.15, 0.2) is 0 Å². The molecule has 0 aromatic rings. The molecule has 0 bridgehead atoms. The molecule has 0 aromatic carbocycles. The molecule has 96 valence electrons. The number of unbranched alkanes of at least 4 members (excludes halogenated alkanes) is 2. The Morgan fingerprint density at radius 1 is 1.25 bits per heavy atom. The maximum absolute atomic E-state index is 3.63. The summed E-state index contributed by atoms with van der Waals surface area (Å²) in [4.78, 5) is 2.68. The molecule has 0 aliphatic carbocycles. The third-order valence-corrected chi connectivity index (χ3v) is 3.89. The Morgan fingerprint density at radius 3 is 2.62 bits per heavy atom. The first-order valence-electron chi connectivity index (χ1n) is 7.12. The van der Waals surface area contributed by atoms with Crippen molar-refractivity contribution in [1.29, 1.82) is 0 Å². The number of nitrogens with zero attached hydrogens (tertiary/aromatic N) is 1. The van der Waals surface area contributed by atoms with E-state index in [1.54, 1.807) is 0 Å². The third-order valence-electron chi connectivity index (χ3n) is 3.89. The van der Waals surface area contributed by atoms with E-state index in [9.17, 15) is 0 Å². The van der Waals surface area contributed by atoms with Crippen molar-refractivity contribution in [2.45, 2.75) is 65.5 Å². The Bertz CT molecular complexity index is 180. The van der Waals surface area contributed by atoms with Crippen molar-refractivity contribution in [1.82, 2.24) is 10.2 Å². The molecule has 1 N–H and O–H groups in total. The van der Waals surface area contributed by atoms with Crippen LogP contribution in [0, 0.1) is 5.92 Å². The lowest BCUT2D eigenvalue weighted by atomic mass is 10.00. The molecule has 1 saturated heterocycles. The Hall–Kier alpha value is -0.0800. The highest BCUT2D eigenvalue weighted by Gasteiger charge is 2.24. The molecule has 0 spiro atoms. The van der Waals surface area contributed by atoms with Gasteiger partial charge >= 0.3 is 0 Å². The zero-order valence-electron chi connectivity index (χ0n) is 11.6. The van der Waals surface area contributed by atoms with Crippen molar-refractivity contribution >= 4 is 0 Å². The van der Waals surface area contributed by atoms with E-state index in [-0.39, 0.29) is 0 Å². The molecule has 1 heterocycles. The van der Waals surface area contributed by atoms with Crippen LogP contribution in [0.4, 0.5) is 0 Å². The summed E-state index contributed by atoms with van der Waals surface area (Å²) >= 11 is 0. The second-order valence-electron chi connectivity index (χ2n) is 5.64. The average Bonchev–Trinajstić information content (AvgIpc) is 2.29. The predicted molar refractivity (Wildman–Crippen MR) is 71.8 cm³/mol. The van der Waals surface area contributed by atoms with Crippen LogP contribution >= 0.6 is 0 Å². The second kappa shape index (κ2) is 7.29.